The summed E-state index contributed by atoms with van der Waals surface area (Å²) >= 11 is 4.28. The lowest BCUT2D eigenvalue weighted by molar-refractivity contribution is 1.29. The summed E-state index contributed by atoms with van der Waals surface area (Å²) in [7, 11) is 0. The smallest absolute Gasteiger partial charge is 0.0339 e. The highest BCUT2D eigenvalue weighted by Crippen LogP contribution is 2.63. The van der Waals surface area contributed by atoms with Gasteiger partial charge in [0.05, 0.1) is 0 Å². The summed E-state index contributed by atoms with van der Waals surface area (Å²) in [6.45, 7) is 0. The zero-order valence-electron chi connectivity index (χ0n) is 26.9. The van der Waals surface area contributed by atoms with E-state index in [4.69, 9.17) is 0 Å². The first-order chi connectivity index (χ1) is 24.2. The van der Waals surface area contributed by atoms with Crippen molar-refractivity contribution in [1.29, 1.82) is 0 Å². The van der Waals surface area contributed by atoms with E-state index in [0.29, 0.717) is 0 Å². The Morgan fingerprint density at radius 1 is 0.367 bits per heavy atom. The quantitative estimate of drug-likeness (QED) is 0.169. The fourth-order valence-corrected chi connectivity index (χ4v) is 9.06. The molecule has 0 amide bonds. The third-order valence-electron chi connectivity index (χ3n) is 10.5. The maximum atomic E-state index is 4.28. The van der Waals surface area contributed by atoms with E-state index in [-0.39, 0.29) is 0 Å². The molecule has 49 heavy (non-hydrogen) atoms. The number of halogens is 1. The molecule has 0 aliphatic heterocycles. The van der Waals surface area contributed by atoms with Crippen molar-refractivity contribution < 1.29 is 0 Å². The second kappa shape index (κ2) is 11.3. The molecule has 0 saturated carbocycles. The Morgan fingerprint density at radius 2 is 0.959 bits per heavy atom. The largest absolute Gasteiger partial charge is 0.0795 e. The van der Waals surface area contributed by atoms with Crippen LogP contribution in [0.5, 0.6) is 0 Å². The van der Waals surface area contributed by atoms with Gasteiger partial charge in [0.2, 0.25) is 0 Å². The van der Waals surface area contributed by atoms with Gasteiger partial charge >= 0.3 is 0 Å². The topological polar surface area (TPSA) is 0 Å². The first kappa shape index (κ1) is 28.5. The van der Waals surface area contributed by atoms with Crippen LogP contribution in [0.15, 0.2) is 157 Å². The summed E-state index contributed by atoms with van der Waals surface area (Å²) in [5.74, 6) is 0. The van der Waals surface area contributed by atoms with Crippen molar-refractivity contribution in [3.63, 3.8) is 0 Å². The molecule has 0 spiro atoms. The molecule has 0 atom stereocenters. The zero-order valence-corrected chi connectivity index (χ0v) is 28.5. The van der Waals surface area contributed by atoms with E-state index in [1.165, 1.54) is 100 Å². The van der Waals surface area contributed by atoms with Crippen LogP contribution in [-0.2, 0) is 12.8 Å². The van der Waals surface area contributed by atoms with Gasteiger partial charge in [0.1, 0.15) is 0 Å². The van der Waals surface area contributed by atoms with Gasteiger partial charge in [-0.2, -0.15) is 0 Å². The number of allylic oxidation sites excluding steroid dienone is 7. The summed E-state index contributed by atoms with van der Waals surface area (Å²) < 4.78 is 1.16. The molecule has 230 valence electrons. The highest BCUT2D eigenvalue weighted by atomic mass is 79.9. The number of rotatable bonds is 5. The molecule has 1 heteroatoms. The number of hydrogen-bond donors (Lipinski definition) is 0. The van der Waals surface area contributed by atoms with Crippen molar-refractivity contribution in [2.45, 2.75) is 12.8 Å². The molecule has 0 heterocycles. The molecule has 0 saturated heterocycles. The molecule has 0 radical (unpaired) electrons. The summed E-state index contributed by atoms with van der Waals surface area (Å²) in [5, 5.41) is 0. The molecule has 0 unspecified atom stereocenters. The van der Waals surface area contributed by atoms with Gasteiger partial charge in [0.15, 0.2) is 0 Å². The Morgan fingerprint density at radius 3 is 1.67 bits per heavy atom. The van der Waals surface area contributed by atoms with Gasteiger partial charge in [-0.25, -0.2) is 0 Å². The summed E-state index contributed by atoms with van der Waals surface area (Å²) in [4.78, 5) is 0. The van der Waals surface area contributed by atoms with Crippen LogP contribution in [0.4, 0.5) is 0 Å². The van der Waals surface area contributed by atoms with Gasteiger partial charge in [-0.1, -0.05) is 146 Å². The minimum absolute atomic E-state index is 0.944. The lowest BCUT2D eigenvalue weighted by Crippen LogP contribution is -1.98. The van der Waals surface area contributed by atoms with Gasteiger partial charge in [-0.15, -0.1) is 0 Å². The van der Waals surface area contributed by atoms with Gasteiger partial charge in [-0.3, -0.25) is 0 Å². The Balaban J connectivity index is 1.33. The highest BCUT2D eigenvalue weighted by molar-refractivity contribution is 9.15. The van der Waals surface area contributed by atoms with Crippen LogP contribution in [0.25, 0.3) is 61.2 Å². The van der Waals surface area contributed by atoms with Gasteiger partial charge in [0.25, 0.3) is 0 Å². The molecular weight excluding hydrogens is 656 g/mol. The first-order valence-electron chi connectivity index (χ1n) is 17.1. The fraction of sp³-hybridized carbons (Fsp3) is 0.0417. The monoisotopic (exact) mass is 686 g/mol. The molecule has 0 N–H and O–H groups in total. The SMILES string of the molecule is BrC1=C2C(=C(c3ccccc3)C(c3ccc4c(c3)C=CC4)=C2c2cccc3c2CC=C3)c2cc(-c3ccccc3)c(-c3ccccc3)cc21. The van der Waals surface area contributed by atoms with Crippen molar-refractivity contribution in [1.82, 2.24) is 0 Å². The third-order valence-corrected chi connectivity index (χ3v) is 11.4. The van der Waals surface area contributed by atoms with Crippen LogP contribution in [0, 0.1) is 0 Å². The highest BCUT2D eigenvalue weighted by Gasteiger charge is 2.40. The van der Waals surface area contributed by atoms with Crippen LogP contribution in [0.2, 0.25) is 0 Å². The predicted molar refractivity (Wildman–Crippen MR) is 212 cm³/mol. The maximum absolute atomic E-state index is 4.28. The zero-order chi connectivity index (χ0) is 32.5. The van der Waals surface area contributed by atoms with Gasteiger partial charge < -0.3 is 0 Å². The Bertz CT molecular complexity index is 2500. The Kier molecular flexibility index (Phi) is 6.57. The number of hydrogen-bond acceptors (Lipinski definition) is 0. The number of benzene rings is 6. The molecule has 6 aromatic rings. The van der Waals surface area contributed by atoms with Crippen molar-refractivity contribution in [3.8, 4) is 22.3 Å². The second-order valence-electron chi connectivity index (χ2n) is 13.2. The standard InChI is InChI=1S/C48H31Br/c49-48-42-29-40(33-15-6-2-7-16-33)39(32-13-4-1-5-14-32)28-41(42)46-43(34-17-8-3-9-18-34)44(36-26-25-30-19-10-22-35(30)27-36)45(47(46)48)38-24-12-21-31-20-11-23-37(31)38/h1-18,20-22,24-29H,19,23H2. The molecule has 0 fully saturated rings. The van der Waals surface area contributed by atoms with E-state index in [2.05, 4.69) is 180 Å². The van der Waals surface area contributed by atoms with Crippen LogP contribution in [0.1, 0.15) is 50.1 Å². The van der Waals surface area contributed by atoms with Crippen LogP contribution >= 0.6 is 15.9 Å². The predicted octanol–water partition coefficient (Wildman–Crippen LogP) is 12.8. The lowest BCUT2D eigenvalue weighted by atomic mass is 9.85. The normalized spacial score (nSPS) is 15.3. The van der Waals surface area contributed by atoms with E-state index in [1.54, 1.807) is 0 Å². The average molecular weight is 688 g/mol. The van der Waals surface area contributed by atoms with E-state index < -0.39 is 0 Å². The van der Waals surface area contributed by atoms with Crippen molar-refractivity contribution in [3.05, 3.63) is 207 Å². The van der Waals surface area contributed by atoms with Crippen LogP contribution in [-0.4, -0.2) is 0 Å². The molecule has 0 bridgehead atoms. The Hall–Kier alpha value is -5.50. The minimum atomic E-state index is 0.944. The van der Waals surface area contributed by atoms with Crippen LogP contribution in [0.3, 0.4) is 0 Å². The van der Waals surface area contributed by atoms with E-state index >= 15 is 0 Å². The van der Waals surface area contributed by atoms with Crippen LogP contribution < -0.4 is 0 Å². The minimum Gasteiger partial charge on any atom is -0.0795 e. The molecular formula is C48H31Br. The maximum Gasteiger partial charge on any atom is 0.0339 e. The van der Waals surface area contributed by atoms with E-state index in [0.717, 1.165) is 17.3 Å². The van der Waals surface area contributed by atoms with E-state index in [1.807, 2.05) is 0 Å². The third kappa shape index (κ3) is 4.43. The molecule has 6 aromatic carbocycles. The van der Waals surface area contributed by atoms with Gasteiger partial charge in [-0.05, 0) is 142 Å². The molecule has 4 aliphatic carbocycles. The summed E-state index contributed by atoms with van der Waals surface area (Å²) in [6.07, 6.45) is 11.1. The molecule has 0 aromatic heterocycles. The Labute approximate surface area is 295 Å². The van der Waals surface area contributed by atoms with Gasteiger partial charge in [0, 0.05) is 10.1 Å². The number of fused-ring (bicyclic) bond motifs is 5. The average Bonchev–Trinajstić information content (AvgIpc) is 3.96. The molecule has 0 nitrogen and oxygen atoms in total. The van der Waals surface area contributed by atoms with Crippen molar-refractivity contribution in [2.24, 2.45) is 0 Å². The fourth-order valence-electron chi connectivity index (χ4n) is 8.33. The molecule has 4 aliphatic rings. The summed E-state index contributed by atoms with van der Waals surface area (Å²) in [6, 6.07) is 51.6. The lowest BCUT2D eigenvalue weighted by Gasteiger charge is -2.19. The van der Waals surface area contributed by atoms with Crippen molar-refractivity contribution >= 4 is 54.9 Å². The van der Waals surface area contributed by atoms with Crippen molar-refractivity contribution in [2.75, 3.05) is 0 Å². The first-order valence-corrected chi connectivity index (χ1v) is 17.9. The second-order valence-corrected chi connectivity index (χ2v) is 14.0. The summed E-state index contributed by atoms with van der Waals surface area (Å²) in [5.41, 5.74) is 23.3. The molecule has 10 rings (SSSR count). The van der Waals surface area contributed by atoms with E-state index in [9.17, 15) is 0 Å².